The van der Waals surface area contributed by atoms with Gasteiger partial charge in [0.05, 0.1) is 10.6 Å². The number of piperidine rings is 1. The summed E-state index contributed by atoms with van der Waals surface area (Å²) in [7, 11) is 1.68. The van der Waals surface area contributed by atoms with E-state index in [9.17, 15) is 14.0 Å². The van der Waals surface area contributed by atoms with Gasteiger partial charge in [0, 0.05) is 48.7 Å². The van der Waals surface area contributed by atoms with Crippen molar-refractivity contribution in [3.8, 4) is 0 Å². The minimum absolute atomic E-state index is 0.127. The fourth-order valence-electron chi connectivity index (χ4n) is 4.61. The summed E-state index contributed by atoms with van der Waals surface area (Å²) in [4.78, 5) is 31.2. The van der Waals surface area contributed by atoms with Crippen LogP contribution < -0.4 is 10.2 Å². The van der Waals surface area contributed by atoms with Crippen LogP contribution in [-0.2, 0) is 11.3 Å². The second-order valence-electron chi connectivity index (χ2n) is 9.19. The molecule has 7 heteroatoms. The molecule has 3 aromatic carbocycles. The zero-order valence-corrected chi connectivity index (χ0v) is 20.9. The molecule has 2 heterocycles. The van der Waals surface area contributed by atoms with Crippen molar-refractivity contribution in [1.29, 1.82) is 0 Å². The molecule has 1 saturated heterocycles. The number of likely N-dealkylation sites (tertiary alicyclic amines) is 1. The Labute approximate surface area is 215 Å². The Morgan fingerprint density at radius 3 is 2.53 bits per heavy atom. The van der Waals surface area contributed by atoms with Crippen LogP contribution in [0, 0.1) is 5.82 Å². The first kappa shape index (κ1) is 24.3. The highest BCUT2D eigenvalue weighted by Gasteiger charge is 2.28. The number of benzene rings is 3. The molecule has 1 N–H and O–H groups in total. The van der Waals surface area contributed by atoms with E-state index < -0.39 is 0 Å². The van der Waals surface area contributed by atoms with Crippen molar-refractivity contribution in [2.75, 3.05) is 25.0 Å². The summed E-state index contributed by atoms with van der Waals surface area (Å²) in [5, 5.41) is 3.17. The number of anilines is 1. The van der Waals surface area contributed by atoms with Gasteiger partial charge in [0.2, 0.25) is 0 Å². The molecule has 0 saturated carbocycles. The Balaban J connectivity index is 1.23. The average molecular weight is 502 g/mol. The first-order valence-corrected chi connectivity index (χ1v) is 12.9. The zero-order chi connectivity index (χ0) is 25.1. The number of nitrogens with one attached hydrogen (secondary N) is 1. The fourth-order valence-corrected chi connectivity index (χ4v) is 5.70. The Bertz CT molecular complexity index is 1300. The lowest BCUT2D eigenvalue weighted by molar-refractivity contribution is -0.114. The second kappa shape index (κ2) is 10.7. The highest BCUT2D eigenvalue weighted by molar-refractivity contribution is 8.04. The molecule has 0 aromatic heterocycles. The van der Waals surface area contributed by atoms with Crippen molar-refractivity contribution in [2.24, 2.45) is 0 Å². The van der Waals surface area contributed by atoms with Crippen molar-refractivity contribution in [1.82, 2.24) is 10.2 Å². The smallest absolute Gasteiger partial charge is 0.264 e. The van der Waals surface area contributed by atoms with Gasteiger partial charge in [0.1, 0.15) is 5.82 Å². The maximum atomic E-state index is 14.1. The number of amides is 2. The van der Waals surface area contributed by atoms with Gasteiger partial charge in [0.15, 0.2) is 0 Å². The molecule has 2 aliphatic heterocycles. The number of thioether (sulfide) groups is 1. The Hall–Kier alpha value is -3.42. The van der Waals surface area contributed by atoms with E-state index in [0.29, 0.717) is 21.7 Å². The summed E-state index contributed by atoms with van der Waals surface area (Å²) in [5.41, 5.74) is 2.89. The summed E-state index contributed by atoms with van der Waals surface area (Å²) < 4.78 is 14.1. The SMILES string of the molecule is CN1C(=O)/C(=C\c2ccccc2F)Sc2ccc(C(=O)NC3CCN(Cc4ccccc4)CC3)cc21. The largest absolute Gasteiger partial charge is 0.349 e. The zero-order valence-electron chi connectivity index (χ0n) is 20.1. The van der Waals surface area contributed by atoms with Gasteiger partial charge >= 0.3 is 0 Å². The lowest BCUT2D eigenvalue weighted by Crippen LogP contribution is -2.44. The average Bonchev–Trinajstić information content (AvgIpc) is 2.90. The first-order valence-electron chi connectivity index (χ1n) is 12.1. The third-order valence-corrected chi connectivity index (χ3v) is 7.76. The summed E-state index contributed by atoms with van der Waals surface area (Å²) >= 11 is 1.30. The Morgan fingerprint density at radius 2 is 1.78 bits per heavy atom. The van der Waals surface area contributed by atoms with E-state index in [-0.39, 0.29) is 23.7 Å². The number of nitrogens with zero attached hydrogens (tertiary/aromatic N) is 2. The molecule has 5 nitrogen and oxygen atoms in total. The molecular formula is C29H28FN3O2S. The molecule has 0 atom stereocenters. The van der Waals surface area contributed by atoms with Crippen LogP contribution in [-0.4, -0.2) is 42.9 Å². The summed E-state index contributed by atoms with van der Waals surface area (Å²) in [6, 6.07) is 22.3. The highest BCUT2D eigenvalue weighted by atomic mass is 32.2. The van der Waals surface area contributed by atoms with Gasteiger partial charge in [-0.2, -0.15) is 0 Å². The van der Waals surface area contributed by atoms with Crippen LogP contribution in [0.2, 0.25) is 0 Å². The Morgan fingerprint density at radius 1 is 1.06 bits per heavy atom. The van der Waals surface area contributed by atoms with Crippen LogP contribution in [0.15, 0.2) is 82.6 Å². The van der Waals surface area contributed by atoms with Crippen LogP contribution in [0.25, 0.3) is 6.08 Å². The first-order chi connectivity index (χ1) is 17.5. The summed E-state index contributed by atoms with van der Waals surface area (Å²) in [6.45, 7) is 2.81. The van der Waals surface area contributed by atoms with Gasteiger partial charge in [-0.15, -0.1) is 0 Å². The van der Waals surface area contributed by atoms with Crippen LogP contribution >= 0.6 is 11.8 Å². The number of fused-ring (bicyclic) bond motifs is 1. The third-order valence-electron chi connectivity index (χ3n) is 6.68. The van der Waals surface area contributed by atoms with E-state index in [4.69, 9.17) is 0 Å². The van der Waals surface area contributed by atoms with Crippen molar-refractivity contribution in [2.45, 2.75) is 30.3 Å². The lowest BCUT2D eigenvalue weighted by Gasteiger charge is -2.32. The van der Waals surface area contributed by atoms with Crippen LogP contribution in [0.5, 0.6) is 0 Å². The van der Waals surface area contributed by atoms with Crippen LogP contribution in [0.3, 0.4) is 0 Å². The molecule has 1 fully saturated rings. The van der Waals surface area contributed by atoms with E-state index in [1.807, 2.05) is 12.1 Å². The van der Waals surface area contributed by atoms with Crippen LogP contribution in [0.1, 0.15) is 34.3 Å². The molecular weight excluding hydrogens is 473 g/mol. The van der Waals surface area contributed by atoms with E-state index in [2.05, 4.69) is 34.5 Å². The number of carbonyl (C=O) groups excluding carboxylic acids is 2. The fraction of sp³-hybridized carbons (Fsp3) is 0.241. The molecule has 0 radical (unpaired) electrons. The molecule has 2 aliphatic rings. The van der Waals surface area contributed by atoms with Gasteiger partial charge < -0.3 is 10.2 Å². The van der Waals surface area contributed by atoms with E-state index >= 15 is 0 Å². The number of rotatable bonds is 5. The number of hydrogen-bond acceptors (Lipinski definition) is 4. The number of hydrogen-bond donors (Lipinski definition) is 1. The monoisotopic (exact) mass is 501 g/mol. The molecule has 2 amide bonds. The molecule has 3 aromatic rings. The van der Waals surface area contributed by atoms with Gasteiger partial charge in [-0.05, 0) is 48.7 Å². The minimum atomic E-state index is -0.371. The van der Waals surface area contributed by atoms with E-state index in [1.54, 1.807) is 43.5 Å². The van der Waals surface area contributed by atoms with Crippen molar-refractivity contribution in [3.63, 3.8) is 0 Å². The molecule has 5 rings (SSSR count). The molecule has 0 aliphatic carbocycles. The second-order valence-corrected chi connectivity index (χ2v) is 10.3. The topological polar surface area (TPSA) is 52.7 Å². The summed E-state index contributed by atoms with van der Waals surface area (Å²) in [6.07, 6.45) is 3.39. The van der Waals surface area contributed by atoms with Crippen molar-refractivity contribution in [3.05, 3.63) is 100 Å². The highest BCUT2D eigenvalue weighted by Crippen LogP contribution is 2.42. The Kier molecular flexibility index (Phi) is 7.20. The summed E-state index contributed by atoms with van der Waals surface area (Å²) in [5.74, 6) is -0.721. The maximum Gasteiger partial charge on any atom is 0.264 e. The predicted octanol–water partition coefficient (Wildman–Crippen LogP) is 5.33. The van der Waals surface area contributed by atoms with Gasteiger partial charge in [-0.3, -0.25) is 14.5 Å². The molecule has 0 unspecified atom stereocenters. The van der Waals surface area contributed by atoms with Crippen LogP contribution in [0.4, 0.5) is 10.1 Å². The number of carbonyl (C=O) groups is 2. The quantitative estimate of drug-likeness (QED) is 0.480. The number of halogens is 1. The minimum Gasteiger partial charge on any atom is -0.349 e. The molecule has 36 heavy (non-hydrogen) atoms. The van der Waals surface area contributed by atoms with E-state index in [0.717, 1.165) is 37.4 Å². The molecule has 184 valence electrons. The normalized spacial score (nSPS) is 17.8. The van der Waals surface area contributed by atoms with Gasteiger partial charge in [0.25, 0.3) is 11.8 Å². The lowest BCUT2D eigenvalue weighted by atomic mass is 10.0. The van der Waals surface area contributed by atoms with Gasteiger partial charge in [-0.1, -0.05) is 60.3 Å². The number of likely N-dealkylation sites (N-methyl/N-ethyl adjacent to an activating group) is 1. The molecule has 0 spiro atoms. The van der Waals surface area contributed by atoms with Gasteiger partial charge in [-0.25, -0.2) is 4.39 Å². The predicted molar refractivity (Wildman–Crippen MR) is 142 cm³/mol. The maximum absolute atomic E-state index is 14.1. The third kappa shape index (κ3) is 5.37. The molecule has 0 bridgehead atoms. The van der Waals surface area contributed by atoms with Crippen molar-refractivity contribution >= 4 is 35.3 Å². The standard InChI is InChI=1S/C29H28FN3O2S/c1-32-25-17-22(11-12-26(25)36-27(29(32)35)18-21-9-5-6-10-24(21)30)28(34)31-23-13-15-33(16-14-23)19-20-7-3-2-4-8-20/h2-12,17-18,23H,13-16,19H2,1H3,(H,31,34)/b27-18+. The van der Waals surface area contributed by atoms with Crippen molar-refractivity contribution < 1.29 is 14.0 Å². The van der Waals surface area contributed by atoms with E-state index in [1.165, 1.54) is 28.3 Å².